The summed E-state index contributed by atoms with van der Waals surface area (Å²) in [6, 6.07) is 15.7. The van der Waals surface area contributed by atoms with Gasteiger partial charge in [-0.3, -0.25) is 4.79 Å². The fraction of sp³-hybridized carbons (Fsp3) is 0.273. The van der Waals surface area contributed by atoms with Gasteiger partial charge in [0.05, 0.1) is 0 Å². The Hall–Kier alpha value is -3.08. The van der Waals surface area contributed by atoms with E-state index in [1.54, 1.807) is 0 Å². The van der Waals surface area contributed by atoms with Gasteiger partial charge in [0.2, 0.25) is 0 Å². The van der Waals surface area contributed by atoms with Crippen molar-refractivity contribution in [2.75, 3.05) is 18.0 Å². The number of carbonyl (C=O) groups excluding carboxylic acids is 1. The second-order valence-electron chi connectivity index (χ2n) is 6.89. The molecule has 138 valence electrons. The Morgan fingerprint density at radius 2 is 1.70 bits per heavy atom. The number of aromatic nitrogens is 2. The van der Waals surface area contributed by atoms with Crippen molar-refractivity contribution in [3.8, 4) is 5.69 Å². The van der Waals surface area contributed by atoms with E-state index in [0.717, 1.165) is 30.2 Å². The van der Waals surface area contributed by atoms with Gasteiger partial charge in [-0.2, -0.15) is 0 Å². The highest BCUT2D eigenvalue weighted by Gasteiger charge is 2.12. The van der Waals surface area contributed by atoms with Crippen LogP contribution in [-0.4, -0.2) is 28.5 Å². The molecule has 1 aliphatic heterocycles. The van der Waals surface area contributed by atoms with Crippen LogP contribution in [0.3, 0.4) is 0 Å². The number of carbonyl (C=O) groups is 1. The van der Waals surface area contributed by atoms with Gasteiger partial charge in [0, 0.05) is 49.5 Å². The average Bonchev–Trinajstić information content (AvgIpc) is 3.28. The van der Waals surface area contributed by atoms with E-state index in [0.29, 0.717) is 12.1 Å². The second kappa shape index (κ2) is 8.08. The predicted octanol–water partition coefficient (Wildman–Crippen LogP) is 3.79. The zero-order valence-electron chi connectivity index (χ0n) is 15.3. The molecule has 1 fully saturated rings. The quantitative estimate of drug-likeness (QED) is 0.753. The van der Waals surface area contributed by atoms with Gasteiger partial charge in [-0.15, -0.1) is 0 Å². The maximum Gasteiger partial charge on any atom is 0.251 e. The molecule has 3 heterocycles. The van der Waals surface area contributed by atoms with E-state index in [1.165, 1.54) is 19.3 Å². The van der Waals surface area contributed by atoms with Crippen LogP contribution >= 0.6 is 0 Å². The third-order valence-electron chi connectivity index (χ3n) is 4.97. The summed E-state index contributed by atoms with van der Waals surface area (Å²) in [5, 5.41) is 2.97. The van der Waals surface area contributed by atoms with Crippen molar-refractivity contribution in [1.29, 1.82) is 0 Å². The minimum atomic E-state index is -0.0748. The molecule has 1 saturated heterocycles. The van der Waals surface area contributed by atoms with E-state index in [2.05, 4.69) is 21.3 Å². The van der Waals surface area contributed by atoms with Crippen LogP contribution in [0.15, 0.2) is 67.1 Å². The lowest BCUT2D eigenvalue weighted by molar-refractivity contribution is 0.0951. The van der Waals surface area contributed by atoms with Gasteiger partial charge in [-0.25, -0.2) is 4.98 Å². The summed E-state index contributed by atoms with van der Waals surface area (Å²) in [6.45, 7) is 2.65. The summed E-state index contributed by atoms with van der Waals surface area (Å²) >= 11 is 0. The molecule has 0 radical (unpaired) electrons. The van der Waals surface area contributed by atoms with Gasteiger partial charge in [0.1, 0.15) is 5.82 Å². The van der Waals surface area contributed by atoms with Crippen molar-refractivity contribution in [3.05, 3.63) is 78.2 Å². The molecule has 27 heavy (non-hydrogen) atoms. The van der Waals surface area contributed by atoms with Crippen molar-refractivity contribution in [2.45, 2.75) is 25.8 Å². The monoisotopic (exact) mass is 360 g/mol. The molecule has 5 nitrogen and oxygen atoms in total. The molecule has 0 unspecified atom stereocenters. The Bertz CT molecular complexity index is 864. The Balaban J connectivity index is 1.33. The molecule has 1 aromatic carbocycles. The van der Waals surface area contributed by atoms with Crippen LogP contribution in [0.2, 0.25) is 0 Å². The molecule has 0 aliphatic carbocycles. The van der Waals surface area contributed by atoms with Crippen LogP contribution in [0.4, 0.5) is 5.82 Å². The highest BCUT2D eigenvalue weighted by Crippen LogP contribution is 2.17. The Morgan fingerprint density at radius 1 is 0.963 bits per heavy atom. The lowest BCUT2D eigenvalue weighted by atomic mass is 10.1. The van der Waals surface area contributed by atoms with Crippen LogP contribution in [-0.2, 0) is 6.54 Å². The van der Waals surface area contributed by atoms with Crippen molar-refractivity contribution in [2.24, 2.45) is 0 Å². The number of piperidine rings is 1. The third kappa shape index (κ3) is 4.19. The number of amides is 1. The van der Waals surface area contributed by atoms with Gasteiger partial charge in [-0.1, -0.05) is 6.07 Å². The van der Waals surface area contributed by atoms with Gasteiger partial charge in [0.25, 0.3) is 5.91 Å². The first-order valence-electron chi connectivity index (χ1n) is 9.51. The zero-order valence-corrected chi connectivity index (χ0v) is 15.3. The summed E-state index contributed by atoms with van der Waals surface area (Å²) in [5.74, 6) is 0.958. The van der Waals surface area contributed by atoms with Crippen molar-refractivity contribution in [3.63, 3.8) is 0 Å². The van der Waals surface area contributed by atoms with Gasteiger partial charge in [-0.05, 0) is 67.3 Å². The smallest absolute Gasteiger partial charge is 0.251 e. The van der Waals surface area contributed by atoms with Crippen LogP contribution in [0.25, 0.3) is 5.69 Å². The van der Waals surface area contributed by atoms with Gasteiger partial charge in [0.15, 0.2) is 0 Å². The summed E-state index contributed by atoms with van der Waals surface area (Å²) in [4.78, 5) is 19.3. The SMILES string of the molecule is O=C(NCc1ccc(N2CCCCC2)nc1)c1ccc(-n2cccc2)cc1. The molecule has 0 spiro atoms. The fourth-order valence-corrected chi connectivity index (χ4v) is 3.41. The summed E-state index contributed by atoms with van der Waals surface area (Å²) in [6.07, 6.45) is 9.61. The molecule has 2 aromatic heterocycles. The number of nitrogens with zero attached hydrogens (tertiary/aromatic N) is 3. The number of rotatable bonds is 5. The molecule has 0 saturated carbocycles. The molecule has 3 aromatic rings. The Morgan fingerprint density at radius 3 is 2.37 bits per heavy atom. The van der Waals surface area contributed by atoms with Crippen LogP contribution < -0.4 is 10.2 Å². The second-order valence-corrected chi connectivity index (χ2v) is 6.89. The highest BCUT2D eigenvalue weighted by atomic mass is 16.1. The average molecular weight is 360 g/mol. The predicted molar refractivity (Wildman–Crippen MR) is 107 cm³/mol. The molecule has 0 atom stereocenters. The number of hydrogen-bond acceptors (Lipinski definition) is 3. The topological polar surface area (TPSA) is 50.2 Å². The minimum Gasteiger partial charge on any atom is -0.357 e. The molecule has 1 aliphatic rings. The number of benzene rings is 1. The van der Waals surface area contributed by atoms with Crippen LogP contribution in [0, 0.1) is 0 Å². The van der Waals surface area contributed by atoms with E-state index in [1.807, 2.05) is 65.6 Å². The first-order chi connectivity index (χ1) is 13.3. The summed E-state index contributed by atoms with van der Waals surface area (Å²) in [7, 11) is 0. The van der Waals surface area contributed by atoms with Crippen molar-refractivity contribution >= 4 is 11.7 Å². The normalized spacial score (nSPS) is 14.1. The largest absolute Gasteiger partial charge is 0.357 e. The molecule has 5 heteroatoms. The van der Waals surface area contributed by atoms with Crippen molar-refractivity contribution in [1.82, 2.24) is 14.9 Å². The lowest BCUT2D eigenvalue weighted by Gasteiger charge is -2.27. The van der Waals surface area contributed by atoms with E-state index in [9.17, 15) is 4.79 Å². The van der Waals surface area contributed by atoms with E-state index in [-0.39, 0.29) is 5.91 Å². The number of nitrogens with one attached hydrogen (secondary N) is 1. The zero-order chi connectivity index (χ0) is 18.5. The molecule has 4 rings (SSSR count). The standard InChI is InChI=1S/C22H24N4O/c27-22(19-7-9-20(10-8-19)25-12-4-5-13-25)24-17-18-6-11-21(23-16-18)26-14-2-1-3-15-26/h4-13,16H,1-3,14-15,17H2,(H,24,27). The minimum absolute atomic E-state index is 0.0748. The number of anilines is 1. The third-order valence-corrected chi connectivity index (χ3v) is 4.97. The first-order valence-corrected chi connectivity index (χ1v) is 9.51. The fourth-order valence-electron chi connectivity index (χ4n) is 3.41. The molecule has 1 amide bonds. The van der Waals surface area contributed by atoms with E-state index >= 15 is 0 Å². The van der Waals surface area contributed by atoms with E-state index < -0.39 is 0 Å². The Kier molecular flexibility index (Phi) is 5.19. The molecular weight excluding hydrogens is 336 g/mol. The maximum absolute atomic E-state index is 12.4. The van der Waals surface area contributed by atoms with Crippen LogP contribution in [0.1, 0.15) is 35.2 Å². The maximum atomic E-state index is 12.4. The molecule has 0 bridgehead atoms. The van der Waals surface area contributed by atoms with Crippen LogP contribution in [0.5, 0.6) is 0 Å². The lowest BCUT2D eigenvalue weighted by Crippen LogP contribution is -2.30. The molecular formula is C22H24N4O. The van der Waals surface area contributed by atoms with E-state index in [4.69, 9.17) is 0 Å². The highest BCUT2D eigenvalue weighted by molar-refractivity contribution is 5.94. The summed E-state index contributed by atoms with van der Waals surface area (Å²) in [5.41, 5.74) is 2.70. The van der Waals surface area contributed by atoms with Gasteiger partial charge >= 0.3 is 0 Å². The number of pyridine rings is 1. The van der Waals surface area contributed by atoms with Gasteiger partial charge < -0.3 is 14.8 Å². The Labute approximate surface area is 159 Å². The van der Waals surface area contributed by atoms with Crippen molar-refractivity contribution < 1.29 is 4.79 Å². The first kappa shape index (κ1) is 17.3. The molecule has 1 N–H and O–H groups in total. The number of hydrogen-bond donors (Lipinski definition) is 1. The summed E-state index contributed by atoms with van der Waals surface area (Å²) < 4.78 is 2.01.